The number of allylic oxidation sites excluding steroid dienone is 5. The van der Waals surface area contributed by atoms with Crippen LogP contribution in [0.4, 0.5) is 0 Å². The molecule has 0 amide bonds. The highest BCUT2D eigenvalue weighted by Gasteiger charge is 2.50. The summed E-state index contributed by atoms with van der Waals surface area (Å²) >= 11 is 0. The normalized spacial score (nSPS) is 38.4. The van der Waals surface area contributed by atoms with Crippen LogP contribution in [0.3, 0.4) is 0 Å². The van der Waals surface area contributed by atoms with Crippen LogP contribution in [0, 0.1) is 29.1 Å². The maximum atomic E-state index is 10.6. The Labute approximate surface area is 184 Å². The molecular weight excluding hydrogens is 368 g/mol. The minimum Gasteiger partial charge on any atom is -0.393 e. The molecule has 3 rings (SSSR count). The molecule has 30 heavy (non-hydrogen) atoms. The van der Waals surface area contributed by atoms with Crippen LogP contribution >= 0.6 is 0 Å². The summed E-state index contributed by atoms with van der Waals surface area (Å²) in [7, 11) is 0. The lowest BCUT2D eigenvalue weighted by molar-refractivity contribution is 0.0607. The molecule has 0 aliphatic heterocycles. The molecule has 0 aromatic carbocycles. The predicted octanol–water partition coefficient (Wildman–Crippen LogP) is 6.76. The Bertz CT molecular complexity index is 723. The van der Waals surface area contributed by atoms with Gasteiger partial charge in [0.05, 0.1) is 11.7 Å². The van der Waals surface area contributed by atoms with E-state index >= 15 is 0 Å². The van der Waals surface area contributed by atoms with Crippen LogP contribution < -0.4 is 0 Å². The van der Waals surface area contributed by atoms with E-state index in [1.54, 1.807) is 5.57 Å². The van der Waals surface area contributed by atoms with Crippen LogP contribution in [0.5, 0.6) is 0 Å². The zero-order valence-corrected chi connectivity index (χ0v) is 20.0. The van der Waals surface area contributed by atoms with Gasteiger partial charge in [0, 0.05) is 0 Å². The lowest BCUT2D eigenvalue weighted by Gasteiger charge is -2.44. The van der Waals surface area contributed by atoms with Crippen molar-refractivity contribution in [3.05, 3.63) is 47.6 Å². The third-order valence-corrected chi connectivity index (χ3v) is 8.77. The number of hydrogen-bond acceptors (Lipinski definition) is 2. The van der Waals surface area contributed by atoms with Crippen molar-refractivity contribution >= 4 is 0 Å². The first-order valence-corrected chi connectivity index (χ1v) is 12.2. The number of aliphatic hydroxyl groups is 2. The van der Waals surface area contributed by atoms with Crippen molar-refractivity contribution in [1.29, 1.82) is 0 Å². The van der Waals surface area contributed by atoms with Crippen molar-refractivity contribution in [2.75, 3.05) is 0 Å². The molecule has 0 radical (unpaired) electrons. The fraction of sp³-hybridized carbons (Fsp3) is 0.714. The van der Waals surface area contributed by atoms with E-state index in [9.17, 15) is 10.2 Å². The zero-order chi connectivity index (χ0) is 22.1. The van der Waals surface area contributed by atoms with Gasteiger partial charge in [-0.25, -0.2) is 0 Å². The van der Waals surface area contributed by atoms with Gasteiger partial charge in [-0.3, -0.25) is 0 Å². The second-order valence-corrected chi connectivity index (χ2v) is 11.1. The first kappa shape index (κ1) is 23.5. The largest absolute Gasteiger partial charge is 0.393 e. The summed E-state index contributed by atoms with van der Waals surface area (Å²) in [5.41, 5.74) is 3.67. The van der Waals surface area contributed by atoms with Gasteiger partial charge in [0.25, 0.3) is 0 Å². The Morgan fingerprint density at radius 2 is 1.87 bits per heavy atom. The Kier molecular flexibility index (Phi) is 7.19. The van der Waals surface area contributed by atoms with Crippen molar-refractivity contribution in [2.24, 2.45) is 29.1 Å². The molecule has 0 spiro atoms. The van der Waals surface area contributed by atoms with Crippen molar-refractivity contribution in [3.63, 3.8) is 0 Å². The van der Waals surface area contributed by atoms with Crippen LogP contribution in [-0.2, 0) is 0 Å². The van der Waals surface area contributed by atoms with Crippen LogP contribution in [0.1, 0.15) is 86.0 Å². The molecule has 2 heteroatoms. The molecule has 0 heterocycles. The smallest absolute Gasteiger partial charge is 0.0822 e. The van der Waals surface area contributed by atoms with Crippen LogP contribution in [-0.4, -0.2) is 21.9 Å². The summed E-state index contributed by atoms with van der Waals surface area (Å²) in [6, 6.07) is 0. The molecule has 3 aliphatic carbocycles. The average Bonchev–Trinajstić information content (AvgIpc) is 3.04. The molecule has 0 bridgehead atoms. The van der Waals surface area contributed by atoms with Crippen molar-refractivity contribution in [2.45, 2.75) is 97.7 Å². The molecule has 168 valence electrons. The molecule has 3 fully saturated rings. The molecule has 0 aromatic rings. The quantitative estimate of drug-likeness (QED) is 0.490. The lowest BCUT2D eigenvalue weighted by atomic mass is 9.61. The third-order valence-electron chi connectivity index (χ3n) is 8.77. The van der Waals surface area contributed by atoms with E-state index in [0.717, 1.165) is 19.3 Å². The second kappa shape index (κ2) is 9.17. The Balaban J connectivity index is 1.76. The maximum absolute atomic E-state index is 10.6. The summed E-state index contributed by atoms with van der Waals surface area (Å²) in [4.78, 5) is 0. The van der Waals surface area contributed by atoms with E-state index in [-0.39, 0.29) is 12.0 Å². The van der Waals surface area contributed by atoms with E-state index in [1.807, 2.05) is 13.0 Å². The van der Waals surface area contributed by atoms with Gasteiger partial charge in [-0.15, -0.1) is 0 Å². The maximum Gasteiger partial charge on any atom is 0.0822 e. The van der Waals surface area contributed by atoms with Crippen LogP contribution in [0.2, 0.25) is 0 Å². The van der Waals surface area contributed by atoms with E-state index in [4.69, 9.17) is 0 Å². The van der Waals surface area contributed by atoms with Gasteiger partial charge < -0.3 is 10.2 Å². The van der Waals surface area contributed by atoms with E-state index in [2.05, 4.69) is 52.5 Å². The van der Waals surface area contributed by atoms with Gasteiger partial charge in [0.1, 0.15) is 0 Å². The van der Waals surface area contributed by atoms with Crippen molar-refractivity contribution < 1.29 is 10.2 Å². The average molecular weight is 413 g/mol. The standard InChI is InChI=1S/C28H44O2/c1-19(2)28(6,30)17-15-21(4)25-13-14-26-22(8-7-16-27(25,26)5)10-11-23-18-24(29)12-9-20(23)3/h10-11,15,17,19,21,24-26,29-30H,3,7-9,12-14,16,18H2,1-2,4-6H3/b17-15+,22-10+,23-11+/t21-,24+,25-,26+,27-,28?/m1/s1. The summed E-state index contributed by atoms with van der Waals surface area (Å²) in [5, 5.41) is 20.7. The molecule has 3 aliphatic rings. The summed E-state index contributed by atoms with van der Waals surface area (Å²) in [6.45, 7) is 15.2. The molecule has 2 N–H and O–H groups in total. The zero-order valence-electron chi connectivity index (χ0n) is 20.0. The van der Waals surface area contributed by atoms with Gasteiger partial charge in [0.15, 0.2) is 0 Å². The fourth-order valence-corrected chi connectivity index (χ4v) is 6.21. The number of rotatable bonds is 5. The minimum absolute atomic E-state index is 0.205. The highest BCUT2D eigenvalue weighted by Crippen LogP contribution is 2.59. The molecule has 3 saturated carbocycles. The minimum atomic E-state index is -0.732. The van der Waals surface area contributed by atoms with Crippen LogP contribution in [0.15, 0.2) is 47.6 Å². The molecule has 2 nitrogen and oxygen atoms in total. The molecule has 6 atom stereocenters. The van der Waals surface area contributed by atoms with Gasteiger partial charge in [0.2, 0.25) is 0 Å². The predicted molar refractivity (Wildman–Crippen MR) is 127 cm³/mol. The first-order valence-electron chi connectivity index (χ1n) is 12.2. The summed E-state index contributed by atoms with van der Waals surface area (Å²) in [6.07, 6.45) is 17.6. The van der Waals surface area contributed by atoms with E-state index in [1.165, 1.54) is 43.3 Å². The van der Waals surface area contributed by atoms with Gasteiger partial charge in [-0.05, 0) is 93.0 Å². The number of fused-ring (bicyclic) bond motifs is 1. The Hall–Kier alpha value is -1.12. The van der Waals surface area contributed by atoms with Gasteiger partial charge in [-0.2, -0.15) is 0 Å². The fourth-order valence-electron chi connectivity index (χ4n) is 6.21. The van der Waals surface area contributed by atoms with Gasteiger partial charge in [-0.1, -0.05) is 69.7 Å². The number of aliphatic hydroxyl groups excluding tert-OH is 1. The van der Waals surface area contributed by atoms with E-state index in [0.29, 0.717) is 23.2 Å². The third kappa shape index (κ3) is 4.86. The first-order chi connectivity index (χ1) is 14.0. The topological polar surface area (TPSA) is 40.5 Å². The molecule has 0 saturated heterocycles. The molecule has 1 unspecified atom stereocenters. The van der Waals surface area contributed by atoms with Crippen molar-refractivity contribution in [3.8, 4) is 0 Å². The molecular formula is C28H44O2. The second-order valence-electron chi connectivity index (χ2n) is 11.1. The Morgan fingerprint density at radius 3 is 2.57 bits per heavy atom. The summed E-state index contributed by atoms with van der Waals surface area (Å²) < 4.78 is 0. The SMILES string of the molecule is C=C1CC[C@H](O)C/C1=C\C=C1/CCC[C@]2(C)[C@@H]([C@H](C)/C=C/C(C)(O)C(C)C)CC[C@@H]12. The van der Waals surface area contributed by atoms with Crippen LogP contribution in [0.25, 0.3) is 0 Å². The van der Waals surface area contributed by atoms with Crippen molar-refractivity contribution in [1.82, 2.24) is 0 Å². The Morgan fingerprint density at radius 1 is 1.13 bits per heavy atom. The monoisotopic (exact) mass is 412 g/mol. The summed E-state index contributed by atoms with van der Waals surface area (Å²) in [5.74, 6) is 2.04. The van der Waals surface area contributed by atoms with E-state index < -0.39 is 5.60 Å². The number of hydrogen-bond donors (Lipinski definition) is 2. The highest BCUT2D eigenvalue weighted by molar-refractivity contribution is 5.36. The lowest BCUT2D eigenvalue weighted by Crippen LogP contribution is -2.36. The molecule has 0 aromatic heterocycles. The highest BCUT2D eigenvalue weighted by atomic mass is 16.3. The van der Waals surface area contributed by atoms with Gasteiger partial charge >= 0.3 is 0 Å².